The van der Waals surface area contributed by atoms with Crippen molar-refractivity contribution in [2.24, 2.45) is 5.73 Å². The fraction of sp³-hybridized carbons (Fsp3) is 0.500. The van der Waals surface area contributed by atoms with Crippen molar-refractivity contribution >= 4 is 10.0 Å². The summed E-state index contributed by atoms with van der Waals surface area (Å²) in [6.45, 7) is 3.34. The lowest BCUT2D eigenvalue weighted by Crippen LogP contribution is -2.32. The number of sulfonamides is 1. The summed E-state index contributed by atoms with van der Waals surface area (Å²) >= 11 is 0. The molecule has 0 atom stereocenters. The summed E-state index contributed by atoms with van der Waals surface area (Å²) in [5.41, 5.74) is 6.94. The number of nitrogens with zero attached hydrogens (tertiary/aromatic N) is 1. The molecule has 1 fully saturated rings. The molecule has 1 saturated heterocycles. The second kappa shape index (κ2) is 7.08. The highest BCUT2D eigenvalue weighted by Gasteiger charge is 2.27. The lowest BCUT2D eigenvalue weighted by Gasteiger charge is -2.21. The highest BCUT2D eigenvalue weighted by Crippen LogP contribution is 2.23. The van der Waals surface area contributed by atoms with Crippen molar-refractivity contribution in [3.8, 4) is 11.8 Å². The Balaban J connectivity index is 2.43. The van der Waals surface area contributed by atoms with Gasteiger partial charge in [0, 0.05) is 18.7 Å². The zero-order valence-electron chi connectivity index (χ0n) is 12.4. The molecule has 114 valence electrons. The Morgan fingerprint density at radius 2 is 1.86 bits per heavy atom. The van der Waals surface area contributed by atoms with Crippen LogP contribution in [-0.4, -0.2) is 32.4 Å². The van der Waals surface area contributed by atoms with Crippen LogP contribution >= 0.6 is 0 Å². The summed E-state index contributed by atoms with van der Waals surface area (Å²) in [4.78, 5) is 0.302. The van der Waals surface area contributed by atoms with Crippen LogP contribution in [0.15, 0.2) is 23.1 Å². The molecular weight excluding hydrogens is 284 g/mol. The molecule has 0 amide bonds. The van der Waals surface area contributed by atoms with Gasteiger partial charge < -0.3 is 5.73 Å². The molecular formula is C16H22N2O2S. The van der Waals surface area contributed by atoms with Gasteiger partial charge >= 0.3 is 0 Å². The zero-order chi connectivity index (χ0) is 15.3. The van der Waals surface area contributed by atoms with Gasteiger partial charge in [0.25, 0.3) is 0 Å². The van der Waals surface area contributed by atoms with E-state index in [-0.39, 0.29) is 6.54 Å². The predicted molar refractivity (Wildman–Crippen MR) is 84.3 cm³/mol. The minimum absolute atomic E-state index is 0.219. The molecule has 1 aromatic carbocycles. The van der Waals surface area contributed by atoms with Gasteiger partial charge in [-0.15, -0.1) is 0 Å². The van der Waals surface area contributed by atoms with Crippen LogP contribution in [0.25, 0.3) is 0 Å². The Morgan fingerprint density at radius 3 is 2.48 bits per heavy atom. The SMILES string of the molecule is Cc1ccc(S(=O)(=O)N2CCCCCC2)c(C#CCN)c1. The topological polar surface area (TPSA) is 63.4 Å². The molecule has 2 rings (SSSR count). The van der Waals surface area contributed by atoms with E-state index < -0.39 is 10.0 Å². The Kier molecular flexibility index (Phi) is 5.40. The summed E-state index contributed by atoms with van der Waals surface area (Å²) < 4.78 is 27.3. The van der Waals surface area contributed by atoms with Crippen LogP contribution in [0.1, 0.15) is 36.8 Å². The van der Waals surface area contributed by atoms with E-state index in [1.54, 1.807) is 10.4 Å². The largest absolute Gasteiger partial charge is 0.320 e. The van der Waals surface area contributed by atoms with Crippen LogP contribution in [-0.2, 0) is 10.0 Å². The summed E-state index contributed by atoms with van der Waals surface area (Å²) in [5, 5.41) is 0. The lowest BCUT2D eigenvalue weighted by molar-refractivity contribution is 0.423. The number of aryl methyl sites for hydroxylation is 1. The number of rotatable bonds is 2. The van der Waals surface area contributed by atoms with Gasteiger partial charge in [-0.1, -0.05) is 30.7 Å². The fourth-order valence-electron chi connectivity index (χ4n) is 2.53. The second-order valence-corrected chi connectivity index (χ2v) is 7.23. The summed E-state index contributed by atoms with van der Waals surface area (Å²) in [6, 6.07) is 5.29. The third-order valence-electron chi connectivity index (χ3n) is 3.64. The van der Waals surface area contributed by atoms with E-state index in [1.807, 2.05) is 19.1 Å². The third kappa shape index (κ3) is 3.85. The average Bonchev–Trinajstić information content (AvgIpc) is 2.74. The van der Waals surface area contributed by atoms with Crippen LogP contribution in [0.5, 0.6) is 0 Å². The first-order chi connectivity index (χ1) is 10.1. The molecule has 0 bridgehead atoms. The summed E-state index contributed by atoms with van der Waals surface area (Å²) in [7, 11) is -3.47. The Labute approximate surface area is 127 Å². The van der Waals surface area contributed by atoms with Crippen LogP contribution in [0.2, 0.25) is 0 Å². The molecule has 21 heavy (non-hydrogen) atoms. The van der Waals surface area contributed by atoms with Crippen molar-refractivity contribution in [1.29, 1.82) is 0 Å². The van der Waals surface area contributed by atoms with E-state index in [1.165, 1.54) is 0 Å². The molecule has 0 saturated carbocycles. The molecule has 0 aromatic heterocycles. The molecule has 0 unspecified atom stereocenters. The van der Waals surface area contributed by atoms with E-state index in [9.17, 15) is 8.42 Å². The van der Waals surface area contributed by atoms with Gasteiger partial charge in [0.15, 0.2) is 0 Å². The molecule has 0 radical (unpaired) electrons. The normalized spacial score (nSPS) is 16.9. The van der Waals surface area contributed by atoms with Gasteiger partial charge in [0.1, 0.15) is 0 Å². The molecule has 4 nitrogen and oxygen atoms in total. The number of hydrogen-bond donors (Lipinski definition) is 1. The maximum absolute atomic E-state index is 12.9. The second-order valence-electron chi connectivity index (χ2n) is 5.32. The minimum Gasteiger partial charge on any atom is -0.320 e. The van der Waals surface area contributed by atoms with E-state index in [4.69, 9.17) is 5.73 Å². The number of benzene rings is 1. The number of nitrogens with two attached hydrogens (primary N) is 1. The molecule has 0 aliphatic carbocycles. The zero-order valence-corrected chi connectivity index (χ0v) is 13.2. The maximum Gasteiger partial charge on any atom is 0.244 e. The first kappa shape index (κ1) is 16.0. The molecule has 5 heteroatoms. The Bertz CT molecular complexity index is 649. The lowest BCUT2D eigenvalue weighted by atomic mass is 10.1. The number of hydrogen-bond acceptors (Lipinski definition) is 3. The first-order valence-electron chi connectivity index (χ1n) is 7.35. The van der Waals surface area contributed by atoms with Crippen LogP contribution < -0.4 is 5.73 Å². The molecule has 2 N–H and O–H groups in total. The summed E-state index contributed by atoms with van der Waals surface area (Å²) in [6.07, 6.45) is 4.04. The van der Waals surface area contributed by atoms with Gasteiger partial charge in [-0.3, -0.25) is 0 Å². The van der Waals surface area contributed by atoms with Gasteiger partial charge in [-0.25, -0.2) is 8.42 Å². The van der Waals surface area contributed by atoms with Gasteiger partial charge in [-0.2, -0.15) is 4.31 Å². The van der Waals surface area contributed by atoms with Gasteiger partial charge in [0.05, 0.1) is 11.4 Å². The van der Waals surface area contributed by atoms with Crippen molar-refractivity contribution in [1.82, 2.24) is 4.31 Å². The highest BCUT2D eigenvalue weighted by molar-refractivity contribution is 7.89. The van der Waals surface area contributed by atoms with Crippen molar-refractivity contribution in [3.63, 3.8) is 0 Å². The maximum atomic E-state index is 12.9. The average molecular weight is 306 g/mol. The minimum atomic E-state index is -3.47. The Morgan fingerprint density at radius 1 is 1.19 bits per heavy atom. The first-order valence-corrected chi connectivity index (χ1v) is 8.79. The molecule has 1 aliphatic heterocycles. The summed E-state index contributed by atoms with van der Waals surface area (Å²) in [5.74, 6) is 5.65. The molecule has 1 aliphatic rings. The van der Waals surface area contributed by atoms with E-state index in [0.29, 0.717) is 23.5 Å². The van der Waals surface area contributed by atoms with Crippen molar-refractivity contribution in [2.45, 2.75) is 37.5 Å². The van der Waals surface area contributed by atoms with E-state index in [0.717, 1.165) is 31.2 Å². The standard InChI is InChI=1S/C16H22N2O2S/c1-14-8-9-16(15(13-14)7-6-10-17)21(19,20)18-11-4-2-3-5-12-18/h8-9,13H,2-5,10-12,17H2,1H3. The van der Waals surface area contributed by atoms with Crippen LogP contribution in [0, 0.1) is 18.8 Å². The third-order valence-corrected chi connectivity index (χ3v) is 5.60. The van der Waals surface area contributed by atoms with Gasteiger partial charge in [-0.05, 0) is 37.5 Å². The predicted octanol–water partition coefficient (Wildman–Crippen LogP) is 1.87. The highest BCUT2D eigenvalue weighted by atomic mass is 32.2. The van der Waals surface area contributed by atoms with Crippen LogP contribution in [0.4, 0.5) is 0 Å². The fourth-order valence-corrected chi connectivity index (χ4v) is 4.18. The Hall–Kier alpha value is -1.35. The molecule has 1 aromatic rings. The quantitative estimate of drug-likeness (QED) is 0.848. The smallest absolute Gasteiger partial charge is 0.244 e. The van der Waals surface area contributed by atoms with Crippen molar-refractivity contribution < 1.29 is 8.42 Å². The van der Waals surface area contributed by atoms with Crippen LogP contribution in [0.3, 0.4) is 0 Å². The molecule has 0 spiro atoms. The van der Waals surface area contributed by atoms with Crippen molar-refractivity contribution in [3.05, 3.63) is 29.3 Å². The van der Waals surface area contributed by atoms with E-state index >= 15 is 0 Å². The molecule has 1 heterocycles. The monoisotopic (exact) mass is 306 g/mol. The van der Waals surface area contributed by atoms with Crippen molar-refractivity contribution in [2.75, 3.05) is 19.6 Å². The van der Waals surface area contributed by atoms with Gasteiger partial charge in [0.2, 0.25) is 10.0 Å². The van der Waals surface area contributed by atoms with E-state index in [2.05, 4.69) is 11.8 Å².